The summed E-state index contributed by atoms with van der Waals surface area (Å²) < 4.78 is 19.8. The standard InChI is InChI=1S/C12H11BrFNOS/c13-9-2-1-8(12(14)3-9)6-16-11-4-10(5-11)15-7-17/h1-3,10-11H,4-6H2/t10-,11+. The van der Waals surface area contributed by atoms with Crippen molar-refractivity contribution in [3.63, 3.8) is 0 Å². The summed E-state index contributed by atoms with van der Waals surface area (Å²) in [5.74, 6) is -0.243. The molecule has 5 heteroatoms. The third kappa shape index (κ3) is 3.42. The lowest BCUT2D eigenvalue weighted by Crippen LogP contribution is -2.34. The molecule has 0 aliphatic heterocycles. The lowest BCUT2D eigenvalue weighted by atomic mass is 9.90. The van der Waals surface area contributed by atoms with Crippen LogP contribution in [0.1, 0.15) is 18.4 Å². The Kier molecular flexibility index (Phi) is 4.40. The van der Waals surface area contributed by atoms with Gasteiger partial charge in [0.05, 0.1) is 23.9 Å². The van der Waals surface area contributed by atoms with E-state index in [9.17, 15) is 4.39 Å². The number of hydrogen-bond acceptors (Lipinski definition) is 3. The van der Waals surface area contributed by atoms with E-state index in [2.05, 4.69) is 38.3 Å². The second-order valence-corrected chi connectivity index (χ2v) is 5.11. The van der Waals surface area contributed by atoms with Crippen LogP contribution in [0.15, 0.2) is 27.7 Å². The van der Waals surface area contributed by atoms with Crippen molar-refractivity contribution >= 4 is 33.3 Å². The third-order valence-electron chi connectivity index (χ3n) is 2.79. The summed E-state index contributed by atoms with van der Waals surface area (Å²) in [5, 5.41) is 2.37. The number of halogens is 2. The molecule has 1 aliphatic rings. The molecular weight excluding hydrogens is 305 g/mol. The van der Waals surface area contributed by atoms with Crippen LogP contribution in [0.25, 0.3) is 0 Å². The van der Waals surface area contributed by atoms with E-state index in [1.54, 1.807) is 6.07 Å². The predicted molar refractivity (Wildman–Crippen MR) is 70.7 cm³/mol. The van der Waals surface area contributed by atoms with Crippen molar-refractivity contribution in [1.82, 2.24) is 0 Å². The molecule has 17 heavy (non-hydrogen) atoms. The van der Waals surface area contributed by atoms with Gasteiger partial charge in [-0.25, -0.2) is 9.38 Å². The van der Waals surface area contributed by atoms with Crippen molar-refractivity contribution in [2.24, 2.45) is 4.99 Å². The van der Waals surface area contributed by atoms with Crippen LogP contribution in [0.4, 0.5) is 4.39 Å². The highest BCUT2D eigenvalue weighted by atomic mass is 79.9. The van der Waals surface area contributed by atoms with Gasteiger partial charge < -0.3 is 4.74 Å². The molecule has 0 radical (unpaired) electrons. The number of hydrogen-bond donors (Lipinski definition) is 0. The molecule has 0 atom stereocenters. The van der Waals surface area contributed by atoms with Crippen LogP contribution in [-0.2, 0) is 11.3 Å². The van der Waals surface area contributed by atoms with Crippen LogP contribution in [0, 0.1) is 5.82 Å². The third-order valence-corrected chi connectivity index (χ3v) is 3.39. The minimum Gasteiger partial charge on any atom is -0.373 e. The van der Waals surface area contributed by atoms with Gasteiger partial charge >= 0.3 is 0 Å². The van der Waals surface area contributed by atoms with Crippen molar-refractivity contribution in [2.45, 2.75) is 31.6 Å². The highest BCUT2D eigenvalue weighted by Crippen LogP contribution is 2.27. The first-order valence-electron chi connectivity index (χ1n) is 5.31. The normalized spacial score (nSPS) is 22.7. The minimum absolute atomic E-state index is 0.162. The van der Waals surface area contributed by atoms with Gasteiger partial charge in [-0.05, 0) is 37.2 Å². The first-order valence-corrected chi connectivity index (χ1v) is 6.51. The van der Waals surface area contributed by atoms with E-state index in [-0.39, 0.29) is 18.0 Å². The molecule has 0 saturated heterocycles. The fourth-order valence-electron chi connectivity index (χ4n) is 1.70. The second kappa shape index (κ2) is 5.83. The SMILES string of the molecule is Fc1cc(Br)ccc1CO[C@H]1C[C@@H](N=C=S)C1. The molecule has 1 saturated carbocycles. The van der Waals surface area contributed by atoms with E-state index >= 15 is 0 Å². The van der Waals surface area contributed by atoms with Gasteiger partial charge in [0.1, 0.15) is 5.82 Å². The molecule has 0 heterocycles. The van der Waals surface area contributed by atoms with Gasteiger partial charge in [-0.1, -0.05) is 22.0 Å². The average Bonchev–Trinajstić information content (AvgIpc) is 2.23. The summed E-state index contributed by atoms with van der Waals surface area (Å²) in [6.45, 7) is 0.303. The van der Waals surface area contributed by atoms with Gasteiger partial charge in [-0.3, -0.25) is 0 Å². The molecule has 0 unspecified atom stereocenters. The predicted octanol–water partition coefficient (Wildman–Crippen LogP) is 3.74. The number of nitrogens with zero attached hydrogens (tertiary/aromatic N) is 1. The largest absolute Gasteiger partial charge is 0.373 e. The molecule has 1 fully saturated rings. The number of ether oxygens (including phenoxy) is 1. The molecule has 1 aromatic rings. The maximum atomic E-state index is 13.5. The summed E-state index contributed by atoms with van der Waals surface area (Å²) in [7, 11) is 0. The zero-order valence-electron chi connectivity index (χ0n) is 9.03. The number of rotatable bonds is 4. The van der Waals surface area contributed by atoms with E-state index in [0.29, 0.717) is 12.2 Å². The van der Waals surface area contributed by atoms with Crippen LogP contribution in [0.3, 0.4) is 0 Å². The molecule has 2 nitrogen and oxygen atoms in total. The summed E-state index contributed by atoms with van der Waals surface area (Å²) in [4.78, 5) is 3.97. The van der Waals surface area contributed by atoms with E-state index in [0.717, 1.165) is 17.3 Å². The van der Waals surface area contributed by atoms with E-state index in [4.69, 9.17) is 4.74 Å². The molecule has 2 rings (SSSR count). The lowest BCUT2D eigenvalue weighted by molar-refractivity contribution is -0.0192. The summed E-state index contributed by atoms with van der Waals surface area (Å²) in [5.41, 5.74) is 0.579. The molecular formula is C12H11BrFNOS. The van der Waals surface area contributed by atoms with Gasteiger partial charge in [-0.2, -0.15) is 0 Å². The Balaban J connectivity index is 1.81. The molecule has 0 amide bonds. The Hall–Kier alpha value is -0.610. The lowest BCUT2D eigenvalue weighted by Gasteiger charge is -2.31. The van der Waals surface area contributed by atoms with Gasteiger partial charge in [0.2, 0.25) is 0 Å². The second-order valence-electron chi connectivity index (χ2n) is 4.01. The van der Waals surface area contributed by atoms with Gasteiger partial charge in [0.25, 0.3) is 0 Å². The van der Waals surface area contributed by atoms with Crippen LogP contribution < -0.4 is 0 Å². The van der Waals surface area contributed by atoms with Crippen molar-refractivity contribution in [1.29, 1.82) is 0 Å². The number of benzene rings is 1. The first kappa shape index (κ1) is 12.8. The molecule has 90 valence electrons. The highest BCUT2D eigenvalue weighted by Gasteiger charge is 2.29. The summed E-state index contributed by atoms with van der Waals surface area (Å²) in [6.07, 6.45) is 1.86. The zero-order chi connectivity index (χ0) is 12.3. The van der Waals surface area contributed by atoms with Crippen molar-refractivity contribution < 1.29 is 9.13 Å². The number of aliphatic imine (C=N–C) groups is 1. The fourth-order valence-corrected chi connectivity index (χ4v) is 2.18. The minimum atomic E-state index is -0.243. The van der Waals surface area contributed by atoms with E-state index in [1.807, 2.05) is 6.07 Å². The molecule has 1 aromatic carbocycles. The quantitative estimate of drug-likeness (QED) is 0.623. The van der Waals surface area contributed by atoms with Crippen LogP contribution in [0.2, 0.25) is 0 Å². The zero-order valence-corrected chi connectivity index (χ0v) is 11.4. The number of isothiocyanates is 1. The summed E-state index contributed by atoms with van der Waals surface area (Å²) >= 11 is 7.74. The van der Waals surface area contributed by atoms with Crippen molar-refractivity contribution in [3.8, 4) is 0 Å². The van der Waals surface area contributed by atoms with Crippen molar-refractivity contribution in [3.05, 3.63) is 34.1 Å². The molecule has 0 N–H and O–H groups in total. The van der Waals surface area contributed by atoms with E-state index in [1.165, 1.54) is 6.07 Å². The topological polar surface area (TPSA) is 21.6 Å². The molecule has 1 aliphatic carbocycles. The number of thiocarbonyl (C=S) groups is 1. The summed E-state index contributed by atoms with van der Waals surface area (Å²) in [6, 6.07) is 5.22. The van der Waals surface area contributed by atoms with Crippen LogP contribution >= 0.6 is 28.1 Å². The first-order chi connectivity index (χ1) is 8.19. The molecule has 0 bridgehead atoms. The maximum Gasteiger partial charge on any atom is 0.129 e. The highest BCUT2D eigenvalue weighted by molar-refractivity contribution is 9.10. The van der Waals surface area contributed by atoms with Crippen LogP contribution in [0.5, 0.6) is 0 Å². The maximum absolute atomic E-state index is 13.5. The van der Waals surface area contributed by atoms with Gasteiger partial charge in [0.15, 0.2) is 0 Å². The van der Waals surface area contributed by atoms with Gasteiger partial charge in [-0.15, -0.1) is 0 Å². The fraction of sp³-hybridized carbons (Fsp3) is 0.417. The molecule has 0 spiro atoms. The Morgan fingerprint density at radius 3 is 2.94 bits per heavy atom. The smallest absolute Gasteiger partial charge is 0.129 e. The van der Waals surface area contributed by atoms with Crippen LogP contribution in [-0.4, -0.2) is 17.3 Å². The van der Waals surface area contributed by atoms with Gasteiger partial charge in [0, 0.05) is 10.0 Å². The molecule has 0 aromatic heterocycles. The van der Waals surface area contributed by atoms with E-state index < -0.39 is 0 Å². The average molecular weight is 316 g/mol. The Morgan fingerprint density at radius 1 is 1.53 bits per heavy atom. The Bertz CT molecular complexity index is 456. The van der Waals surface area contributed by atoms with Crippen molar-refractivity contribution in [2.75, 3.05) is 0 Å². The Labute approximate surface area is 113 Å². The Morgan fingerprint density at radius 2 is 2.29 bits per heavy atom. The monoisotopic (exact) mass is 315 g/mol.